The van der Waals surface area contributed by atoms with Gasteiger partial charge in [0.2, 0.25) is 0 Å². The Morgan fingerprint density at radius 3 is 2.26 bits per heavy atom. The molecule has 0 amide bonds. The normalized spacial score (nSPS) is 24.0. The van der Waals surface area contributed by atoms with Gasteiger partial charge in [-0.15, -0.1) is 0 Å². The third-order valence-corrected chi connectivity index (χ3v) is 5.41. The number of hydrogen-bond acceptors (Lipinski definition) is 2. The molecule has 2 heteroatoms. The summed E-state index contributed by atoms with van der Waals surface area (Å²) in [5.41, 5.74) is 5.09. The van der Waals surface area contributed by atoms with Crippen molar-refractivity contribution in [2.75, 3.05) is 31.6 Å². The smallest absolute Gasteiger partial charge is 0.0457 e. The number of fused-ring (bicyclic) bond motifs is 1. The van der Waals surface area contributed by atoms with Crippen molar-refractivity contribution in [3.05, 3.63) is 60.7 Å². The van der Waals surface area contributed by atoms with Crippen LogP contribution < -0.4 is 4.90 Å². The lowest BCUT2D eigenvalue weighted by Crippen LogP contribution is -2.34. The van der Waals surface area contributed by atoms with Crippen molar-refractivity contribution in [2.45, 2.75) is 12.5 Å². The molecule has 4 rings (SSSR count). The Labute approximate surface area is 139 Å². The minimum absolute atomic E-state index is 0.706. The van der Waals surface area contributed by atoms with Crippen molar-refractivity contribution in [1.29, 1.82) is 0 Å². The SMILES string of the molecule is C=Cc1ccc(-c2ccc(N3CC[C@@H]4CN(C)C[C@@H]43)cc2)cc1. The summed E-state index contributed by atoms with van der Waals surface area (Å²) < 4.78 is 0. The van der Waals surface area contributed by atoms with Gasteiger partial charge in [0.25, 0.3) is 0 Å². The minimum Gasteiger partial charge on any atom is -0.367 e. The second-order valence-electron chi connectivity index (χ2n) is 6.90. The van der Waals surface area contributed by atoms with Crippen molar-refractivity contribution in [2.24, 2.45) is 5.92 Å². The van der Waals surface area contributed by atoms with Crippen molar-refractivity contribution >= 4 is 11.8 Å². The molecule has 2 fully saturated rings. The minimum atomic E-state index is 0.706. The number of likely N-dealkylation sites (tertiary alicyclic amines) is 1. The van der Waals surface area contributed by atoms with Crippen LogP contribution in [0.15, 0.2) is 55.1 Å². The average Bonchev–Trinajstić information content (AvgIpc) is 3.14. The highest BCUT2D eigenvalue weighted by atomic mass is 15.3. The molecule has 2 heterocycles. The fourth-order valence-electron chi connectivity index (χ4n) is 4.15. The van der Waals surface area contributed by atoms with E-state index in [1.165, 1.54) is 48.4 Å². The van der Waals surface area contributed by atoms with E-state index in [4.69, 9.17) is 0 Å². The summed E-state index contributed by atoms with van der Waals surface area (Å²) in [5.74, 6) is 0.853. The quantitative estimate of drug-likeness (QED) is 0.841. The van der Waals surface area contributed by atoms with Crippen LogP contribution in [0.3, 0.4) is 0 Å². The lowest BCUT2D eigenvalue weighted by atomic mass is 10.0. The van der Waals surface area contributed by atoms with Gasteiger partial charge in [0, 0.05) is 31.4 Å². The molecule has 0 N–H and O–H groups in total. The second kappa shape index (κ2) is 5.86. The molecule has 2 aromatic rings. The zero-order valence-electron chi connectivity index (χ0n) is 13.8. The van der Waals surface area contributed by atoms with E-state index in [1.54, 1.807) is 0 Å². The lowest BCUT2D eigenvalue weighted by molar-refractivity contribution is 0.386. The van der Waals surface area contributed by atoms with Gasteiger partial charge < -0.3 is 9.80 Å². The van der Waals surface area contributed by atoms with Crippen LogP contribution in [-0.4, -0.2) is 37.6 Å². The molecule has 2 aliphatic rings. The molecule has 0 bridgehead atoms. The molecule has 0 spiro atoms. The zero-order valence-corrected chi connectivity index (χ0v) is 13.8. The molecule has 2 aliphatic heterocycles. The van der Waals surface area contributed by atoms with E-state index in [0.717, 1.165) is 5.92 Å². The zero-order chi connectivity index (χ0) is 15.8. The number of rotatable bonds is 3. The highest BCUT2D eigenvalue weighted by molar-refractivity contribution is 5.68. The van der Waals surface area contributed by atoms with Crippen molar-refractivity contribution in [3.63, 3.8) is 0 Å². The summed E-state index contributed by atoms with van der Waals surface area (Å²) in [7, 11) is 2.24. The fraction of sp³-hybridized carbons (Fsp3) is 0.333. The molecular weight excluding hydrogens is 280 g/mol. The fourth-order valence-corrected chi connectivity index (χ4v) is 4.15. The van der Waals surface area contributed by atoms with Crippen LogP contribution in [-0.2, 0) is 0 Å². The van der Waals surface area contributed by atoms with Gasteiger partial charge in [-0.05, 0) is 48.2 Å². The maximum Gasteiger partial charge on any atom is 0.0457 e. The Morgan fingerprint density at radius 1 is 0.957 bits per heavy atom. The first-order chi connectivity index (χ1) is 11.2. The van der Waals surface area contributed by atoms with E-state index in [-0.39, 0.29) is 0 Å². The van der Waals surface area contributed by atoms with Crippen LogP contribution in [0.5, 0.6) is 0 Å². The first-order valence-corrected chi connectivity index (χ1v) is 8.53. The molecule has 118 valence electrons. The summed E-state index contributed by atoms with van der Waals surface area (Å²) in [4.78, 5) is 5.08. The second-order valence-corrected chi connectivity index (χ2v) is 6.90. The molecule has 2 atom stereocenters. The van der Waals surface area contributed by atoms with Gasteiger partial charge in [0.15, 0.2) is 0 Å². The summed E-state index contributed by atoms with van der Waals surface area (Å²) in [6, 6.07) is 18.4. The molecule has 0 saturated carbocycles. The topological polar surface area (TPSA) is 6.48 Å². The Kier molecular flexibility index (Phi) is 3.70. The molecule has 2 saturated heterocycles. The van der Waals surface area contributed by atoms with Crippen LogP contribution in [0.1, 0.15) is 12.0 Å². The molecule has 2 nitrogen and oxygen atoms in total. The summed E-state index contributed by atoms with van der Waals surface area (Å²) >= 11 is 0. The predicted molar refractivity (Wildman–Crippen MR) is 98.7 cm³/mol. The highest BCUT2D eigenvalue weighted by Gasteiger charge is 2.39. The third kappa shape index (κ3) is 2.68. The molecular formula is C21H24N2. The predicted octanol–water partition coefficient (Wildman–Crippen LogP) is 4.14. The van der Waals surface area contributed by atoms with Gasteiger partial charge in [-0.3, -0.25) is 0 Å². The first kappa shape index (κ1) is 14.5. The largest absolute Gasteiger partial charge is 0.367 e. The van der Waals surface area contributed by atoms with Crippen molar-refractivity contribution < 1.29 is 0 Å². The maximum absolute atomic E-state index is 3.81. The Balaban J connectivity index is 1.55. The monoisotopic (exact) mass is 304 g/mol. The average molecular weight is 304 g/mol. The van der Waals surface area contributed by atoms with Gasteiger partial charge in [0.05, 0.1) is 0 Å². The van der Waals surface area contributed by atoms with Crippen LogP contribution in [0, 0.1) is 5.92 Å². The van der Waals surface area contributed by atoms with E-state index >= 15 is 0 Å². The first-order valence-electron chi connectivity index (χ1n) is 8.53. The van der Waals surface area contributed by atoms with Gasteiger partial charge in [0.1, 0.15) is 0 Å². The summed E-state index contributed by atoms with van der Waals surface area (Å²) in [6.07, 6.45) is 3.22. The number of anilines is 1. The Bertz CT molecular complexity index is 687. The van der Waals surface area contributed by atoms with E-state index in [2.05, 4.69) is 72.0 Å². The molecule has 0 unspecified atom stereocenters. The van der Waals surface area contributed by atoms with E-state index < -0.39 is 0 Å². The van der Waals surface area contributed by atoms with Crippen molar-refractivity contribution in [1.82, 2.24) is 4.90 Å². The van der Waals surface area contributed by atoms with Crippen LogP contribution in [0.2, 0.25) is 0 Å². The lowest BCUT2D eigenvalue weighted by Gasteiger charge is -2.26. The third-order valence-electron chi connectivity index (χ3n) is 5.41. The number of nitrogens with zero attached hydrogens (tertiary/aromatic N) is 2. The van der Waals surface area contributed by atoms with Gasteiger partial charge in [-0.1, -0.05) is 49.1 Å². The van der Waals surface area contributed by atoms with Crippen LogP contribution in [0.25, 0.3) is 17.2 Å². The van der Waals surface area contributed by atoms with E-state index in [1.807, 2.05) is 6.08 Å². The molecule has 0 aromatic heterocycles. The van der Waals surface area contributed by atoms with Gasteiger partial charge in [-0.25, -0.2) is 0 Å². The number of hydrogen-bond donors (Lipinski definition) is 0. The Morgan fingerprint density at radius 2 is 1.61 bits per heavy atom. The van der Waals surface area contributed by atoms with Crippen LogP contribution in [0.4, 0.5) is 5.69 Å². The van der Waals surface area contributed by atoms with Crippen LogP contribution >= 0.6 is 0 Å². The molecule has 23 heavy (non-hydrogen) atoms. The standard InChI is InChI=1S/C21H24N2/c1-3-16-4-6-17(7-5-16)18-8-10-20(11-9-18)23-13-12-19-14-22(2)15-21(19)23/h3-11,19,21H,1,12-15H2,2H3/t19-,21+/m1/s1. The maximum atomic E-state index is 3.81. The van der Waals surface area contributed by atoms with E-state index in [0.29, 0.717) is 6.04 Å². The Hall–Kier alpha value is -2.06. The molecule has 2 aromatic carbocycles. The number of likely N-dealkylation sites (N-methyl/N-ethyl adjacent to an activating group) is 1. The summed E-state index contributed by atoms with van der Waals surface area (Å²) in [6.45, 7) is 7.48. The molecule has 0 aliphatic carbocycles. The number of benzene rings is 2. The molecule has 0 radical (unpaired) electrons. The van der Waals surface area contributed by atoms with E-state index in [9.17, 15) is 0 Å². The summed E-state index contributed by atoms with van der Waals surface area (Å²) in [5, 5.41) is 0. The van der Waals surface area contributed by atoms with Crippen molar-refractivity contribution in [3.8, 4) is 11.1 Å². The highest BCUT2D eigenvalue weighted by Crippen LogP contribution is 2.35. The van der Waals surface area contributed by atoms with Gasteiger partial charge in [-0.2, -0.15) is 0 Å². The van der Waals surface area contributed by atoms with Gasteiger partial charge >= 0.3 is 0 Å².